The second-order valence-corrected chi connectivity index (χ2v) is 4.30. The van der Waals surface area contributed by atoms with Crippen LogP contribution in [0, 0.1) is 11.8 Å². The standard InChI is InChI=1S/C15H14N2O3/c1-10(18)16-7-3-2-4-11-5-6-14-12(8-11)13(9-17-14)15(19)20/h5-6,8-9,17H,3,7H2,1H3,(H,16,18)(H,19,20). The Hall–Kier alpha value is -2.74. The van der Waals surface area contributed by atoms with Crippen molar-refractivity contribution in [1.82, 2.24) is 10.3 Å². The van der Waals surface area contributed by atoms with E-state index in [4.69, 9.17) is 5.11 Å². The molecule has 3 N–H and O–H groups in total. The van der Waals surface area contributed by atoms with Gasteiger partial charge in [-0.1, -0.05) is 11.8 Å². The molecule has 0 fully saturated rings. The first-order chi connectivity index (χ1) is 9.58. The molecule has 0 saturated heterocycles. The first kappa shape index (κ1) is 13.7. The SMILES string of the molecule is CC(=O)NCCC#Cc1ccc2[nH]cc(C(=O)O)c2c1. The predicted molar refractivity (Wildman–Crippen MR) is 75.4 cm³/mol. The lowest BCUT2D eigenvalue weighted by Gasteiger charge is -1.96. The number of aromatic amines is 1. The van der Waals surface area contributed by atoms with Crippen LogP contribution in [0.25, 0.3) is 10.9 Å². The average Bonchev–Trinajstić information content (AvgIpc) is 2.81. The Morgan fingerprint density at radius 1 is 1.40 bits per heavy atom. The number of carboxylic acids is 1. The number of aromatic nitrogens is 1. The van der Waals surface area contributed by atoms with E-state index in [1.807, 2.05) is 6.07 Å². The van der Waals surface area contributed by atoms with Crippen LogP contribution in [0.3, 0.4) is 0 Å². The summed E-state index contributed by atoms with van der Waals surface area (Å²) in [6.45, 7) is 1.97. The molecule has 1 aromatic heterocycles. The van der Waals surface area contributed by atoms with Crippen molar-refractivity contribution in [1.29, 1.82) is 0 Å². The van der Waals surface area contributed by atoms with Gasteiger partial charge in [0.15, 0.2) is 0 Å². The van der Waals surface area contributed by atoms with Crippen LogP contribution in [-0.2, 0) is 4.79 Å². The summed E-state index contributed by atoms with van der Waals surface area (Å²) in [6, 6.07) is 5.39. The summed E-state index contributed by atoms with van der Waals surface area (Å²) in [7, 11) is 0. The summed E-state index contributed by atoms with van der Waals surface area (Å²) in [5.41, 5.74) is 1.76. The summed E-state index contributed by atoms with van der Waals surface area (Å²) < 4.78 is 0. The van der Waals surface area contributed by atoms with E-state index in [9.17, 15) is 9.59 Å². The van der Waals surface area contributed by atoms with Crippen LogP contribution in [0.5, 0.6) is 0 Å². The van der Waals surface area contributed by atoms with Crippen molar-refractivity contribution in [2.75, 3.05) is 6.54 Å². The summed E-state index contributed by atoms with van der Waals surface area (Å²) >= 11 is 0. The van der Waals surface area contributed by atoms with Crippen LogP contribution in [-0.4, -0.2) is 28.5 Å². The number of hydrogen-bond acceptors (Lipinski definition) is 2. The minimum Gasteiger partial charge on any atom is -0.478 e. The summed E-state index contributed by atoms with van der Waals surface area (Å²) in [4.78, 5) is 24.6. The van der Waals surface area contributed by atoms with Crippen LogP contribution in [0.1, 0.15) is 29.3 Å². The van der Waals surface area contributed by atoms with Gasteiger partial charge in [0.1, 0.15) is 0 Å². The van der Waals surface area contributed by atoms with Crippen molar-refractivity contribution in [2.45, 2.75) is 13.3 Å². The minimum atomic E-state index is -0.966. The Labute approximate surface area is 116 Å². The topological polar surface area (TPSA) is 82.2 Å². The second kappa shape index (κ2) is 5.93. The third-order valence-corrected chi connectivity index (χ3v) is 2.77. The van der Waals surface area contributed by atoms with Gasteiger partial charge in [0, 0.05) is 42.6 Å². The van der Waals surface area contributed by atoms with Gasteiger partial charge in [-0.25, -0.2) is 4.79 Å². The van der Waals surface area contributed by atoms with Crippen molar-refractivity contribution < 1.29 is 14.7 Å². The predicted octanol–water partition coefficient (Wildman–Crippen LogP) is 1.74. The first-order valence-corrected chi connectivity index (χ1v) is 6.15. The monoisotopic (exact) mass is 270 g/mol. The molecule has 0 aliphatic rings. The quantitative estimate of drug-likeness (QED) is 0.587. The number of amides is 1. The normalized spacial score (nSPS) is 9.85. The van der Waals surface area contributed by atoms with Gasteiger partial charge in [0.25, 0.3) is 0 Å². The van der Waals surface area contributed by atoms with Gasteiger partial charge in [0.05, 0.1) is 5.56 Å². The van der Waals surface area contributed by atoms with Gasteiger partial charge in [-0.15, -0.1) is 0 Å². The molecule has 1 heterocycles. The molecule has 102 valence electrons. The maximum absolute atomic E-state index is 11.1. The number of hydrogen-bond donors (Lipinski definition) is 3. The second-order valence-electron chi connectivity index (χ2n) is 4.30. The highest BCUT2D eigenvalue weighted by Crippen LogP contribution is 2.19. The molecule has 0 saturated carbocycles. The summed E-state index contributed by atoms with van der Waals surface area (Å²) in [5.74, 6) is 4.86. The lowest BCUT2D eigenvalue weighted by Crippen LogP contribution is -2.20. The lowest BCUT2D eigenvalue weighted by molar-refractivity contribution is -0.118. The average molecular weight is 270 g/mol. The van der Waals surface area contributed by atoms with E-state index in [0.717, 1.165) is 11.1 Å². The Morgan fingerprint density at radius 3 is 2.90 bits per heavy atom. The van der Waals surface area contributed by atoms with E-state index in [0.29, 0.717) is 18.4 Å². The van der Waals surface area contributed by atoms with E-state index in [-0.39, 0.29) is 11.5 Å². The molecule has 5 heteroatoms. The third kappa shape index (κ3) is 3.18. The van der Waals surface area contributed by atoms with Crippen LogP contribution in [0.15, 0.2) is 24.4 Å². The van der Waals surface area contributed by atoms with Gasteiger partial charge >= 0.3 is 5.97 Å². The third-order valence-electron chi connectivity index (χ3n) is 2.77. The molecule has 5 nitrogen and oxygen atoms in total. The Bertz CT molecular complexity index is 720. The number of carbonyl (C=O) groups excluding carboxylic acids is 1. The van der Waals surface area contributed by atoms with Crippen molar-refractivity contribution in [2.24, 2.45) is 0 Å². The number of rotatable bonds is 3. The largest absolute Gasteiger partial charge is 0.478 e. The van der Waals surface area contributed by atoms with Crippen LogP contribution in [0.2, 0.25) is 0 Å². The molecule has 1 amide bonds. The molecule has 1 aromatic carbocycles. The number of H-pyrrole nitrogens is 1. The fourth-order valence-electron chi connectivity index (χ4n) is 1.84. The van der Waals surface area contributed by atoms with E-state index in [1.165, 1.54) is 13.1 Å². The summed E-state index contributed by atoms with van der Waals surface area (Å²) in [6.07, 6.45) is 2.03. The van der Waals surface area contributed by atoms with Crippen LogP contribution < -0.4 is 5.32 Å². The molecule has 0 spiro atoms. The van der Waals surface area contributed by atoms with Crippen LogP contribution >= 0.6 is 0 Å². The van der Waals surface area contributed by atoms with Gasteiger partial charge < -0.3 is 15.4 Å². The molecule has 0 aliphatic carbocycles. The fraction of sp³-hybridized carbons (Fsp3) is 0.200. The van der Waals surface area contributed by atoms with Crippen molar-refractivity contribution in [3.05, 3.63) is 35.5 Å². The molecular formula is C15H14N2O3. The van der Waals surface area contributed by atoms with Gasteiger partial charge in [-0.3, -0.25) is 4.79 Å². The lowest BCUT2D eigenvalue weighted by atomic mass is 10.1. The van der Waals surface area contributed by atoms with Crippen molar-refractivity contribution in [3.63, 3.8) is 0 Å². The maximum Gasteiger partial charge on any atom is 0.337 e. The summed E-state index contributed by atoms with van der Waals surface area (Å²) in [5, 5.41) is 12.4. The first-order valence-electron chi connectivity index (χ1n) is 6.15. The minimum absolute atomic E-state index is 0.0772. The molecule has 0 atom stereocenters. The van der Waals surface area contributed by atoms with Crippen molar-refractivity contribution >= 4 is 22.8 Å². The Balaban J connectivity index is 2.15. The zero-order chi connectivity index (χ0) is 14.5. The molecular weight excluding hydrogens is 256 g/mol. The zero-order valence-corrected chi connectivity index (χ0v) is 11.0. The van der Waals surface area contributed by atoms with Gasteiger partial charge in [-0.05, 0) is 18.2 Å². The molecule has 0 unspecified atom stereocenters. The number of aromatic carboxylic acids is 1. The maximum atomic E-state index is 11.1. The highest BCUT2D eigenvalue weighted by atomic mass is 16.4. The highest BCUT2D eigenvalue weighted by molar-refractivity contribution is 6.03. The number of fused-ring (bicyclic) bond motifs is 1. The van der Waals surface area contributed by atoms with Crippen molar-refractivity contribution in [3.8, 4) is 11.8 Å². The number of carboxylic acid groups (broad SMARTS) is 1. The van der Waals surface area contributed by atoms with E-state index >= 15 is 0 Å². The number of nitrogens with one attached hydrogen (secondary N) is 2. The van der Waals surface area contributed by atoms with Crippen LogP contribution in [0.4, 0.5) is 0 Å². The number of carbonyl (C=O) groups is 2. The van der Waals surface area contributed by atoms with Gasteiger partial charge in [-0.2, -0.15) is 0 Å². The van der Waals surface area contributed by atoms with E-state index < -0.39 is 5.97 Å². The fourth-order valence-corrected chi connectivity index (χ4v) is 1.84. The molecule has 20 heavy (non-hydrogen) atoms. The Kier molecular flexibility index (Phi) is 4.06. The number of benzene rings is 1. The zero-order valence-electron chi connectivity index (χ0n) is 11.0. The van der Waals surface area contributed by atoms with E-state index in [2.05, 4.69) is 22.1 Å². The molecule has 0 aliphatic heterocycles. The Morgan fingerprint density at radius 2 is 2.20 bits per heavy atom. The van der Waals surface area contributed by atoms with Gasteiger partial charge in [0.2, 0.25) is 5.91 Å². The molecule has 2 rings (SSSR count). The molecule has 0 bridgehead atoms. The highest BCUT2D eigenvalue weighted by Gasteiger charge is 2.09. The smallest absolute Gasteiger partial charge is 0.337 e. The van der Waals surface area contributed by atoms with E-state index in [1.54, 1.807) is 12.1 Å². The molecule has 0 radical (unpaired) electrons. The molecule has 2 aromatic rings.